The average Bonchev–Trinajstić information content (AvgIpc) is 2.51. The Morgan fingerprint density at radius 2 is 1.68 bits per heavy atom. The molecule has 0 heterocycles. The van der Waals surface area contributed by atoms with Crippen LogP contribution in [0.3, 0.4) is 0 Å². The first-order valence-corrected chi connectivity index (χ1v) is 9.46. The van der Waals surface area contributed by atoms with E-state index in [0.717, 1.165) is 23.3 Å². The molecule has 0 unspecified atom stereocenters. The van der Waals surface area contributed by atoms with Crippen LogP contribution >= 0.6 is 0 Å². The van der Waals surface area contributed by atoms with Gasteiger partial charge >= 0.3 is 5.97 Å². The van der Waals surface area contributed by atoms with E-state index in [4.69, 9.17) is 9.84 Å². The van der Waals surface area contributed by atoms with Gasteiger partial charge in [0.15, 0.2) is 0 Å². The van der Waals surface area contributed by atoms with Crippen LogP contribution in [-0.4, -0.2) is 18.2 Å². The van der Waals surface area contributed by atoms with Gasteiger partial charge in [0.1, 0.15) is 5.75 Å². The molecule has 3 nitrogen and oxygen atoms in total. The Balaban J connectivity index is 3.40. The number of hydrogen-bond donors (Lipinski definition) is 1. The minimum absolute atomic E-state index is 0.000251. The molecule has 0 atom stereocenters. The molecular weight excluding hydrogens is 312 g/mol. The van der Waals surface area contributed by atoms with Crippen molar-refractivity contribution in [2.24, 2.45) is 0 Å². The van der Waals surface area contributed by atoms with E-state index in [9.17, 15) is 4.79 Å². The molecule has 0 bridgehead atoms. The number of carboxylic acids is 1. The summed E-state index contributed by atoms with van der Waals surface area (Å²) in [6.45, 7) is 13.3. The van der Waals surface area contributed by atoms with Crippen LogP contribution in [0.1, 0.15) is 90.3 Å². The molecule has 1 aromatic rings. The van der Waals surface area contributed by atoms with Crippen LogP contribution in [0, 0.1) is 0 Å². The van der Waals surface area contributed by atoms with Crippen LogP contribution in [0.4, 0.5) is 0 Å². The maximum absolute atomic E-state index is 11.0. The highest BCUT2D eigenvalue weighted by Gasteiger charge is 2.30. The van der Waals surface area contributed by atoms with Gasteiger partial charge < -0.3 is 9.84 Å². The monoisotopic (exact) mass is 348 g/mol. The van der Waals surface area contributed by atoms with Gasteiger partial charge in [0, 0.05) is 17.5 Å². The number of methoxy groups -OCH3 is 1. The second kappa shape index (κ2) is 8.73. The zero-order chi connectivity index (χ0) is 19.3. The summed E-state index contributed by atoms with van der Waals surface area (Å²) >= 11 is 0. The Kier molecular flexibility index (Phi) is 7.52. The molecule has 25 heavy (non-hydrogen) atoms. The smallest absolute Gasteiger partial charge is 0.303 e. The first-order chi connectivity index (χ1) is 11.5. The molecule has 0 aromatic heterocycles. The van der Waals surface area contributed by atoms with Crippen molar-refractivity contribution in [1.82, 2.24) is 0 Å². The molecule has 0 aliphatic heterocycles. The third-order valence-electron chi connectivity index (χ3n) is 4.92. The number of hydrogen-bond acceptors (Lipinski definition) is 2. The predicted octanol–water partition coefficient (Wildman–Crippen LogP) is 5.87. The van der Waals surface area contributed by atoms with E-state index in [0.29, 0.717) is 6.42 Å². The fraction of sp³-hybridized carbons (Fsp3) is 0.682. The number of ether oxygens (including phenoxy) is 1. The lowest BCUT2D eigenvalue weighted by atomic mass is 9.75. The van der Waals surface area contributed by atoms with E-state index < -0.39 is 5.97 Å². The van der Waals surface area contributed by atoms with Crippen molar-refractivity contribution in [3.8, 4) is 5.75 Å². The number of benzene rings is 1. The topological polar surface area (TPSA) is 46.5 Å². The molecular formula is C22H36O3. The first kappa shape index (κ1) is 21.5. The summed E-state index contributed by atoms with van der Waals surface area (Å²) in [6.07, 6.45) is 5.45. The number of rotatable bonds is 9. The standard InChI is InChI=1S/C22H36O3/c1-8-9-10-13-22(5,6)18-15-16(11-12-19(23)24)14-17(20(18)25-7)21(2,3)4/h14-15H,8-13H2,1-7H3,(H,23,24). The maximum atomic E-state index is 11.0. The molecule has 0 aliphatic carbocycles. The lowest BCUT2D eigenvalue weighted by molar-refractivity contribution is -0.136. The Labute approximate surface area is 153 Å². The van der Waals surface area contributed by atoms with Crippen LogP contribution in [0.25, 0.3) is 0 Å². The summed E-state index contributed by atoms with van der Waals surface area (Å²) in [5, 5.41) is 9.05. The highest BCUT2D eigenvalue weighted by molar-refractivity contribution is 5.67. The van der Waals surface area contributed by atoms with Gasteiger partial charge in [0.2, 0.25) is 0 Å². The van der Waals surface area contributed by atoms with Crippen LogP contribution < -0.4 is 4.74 Å². The Bertz CT molecular complexity index is 580. The van der Waals surface area contributed by atoms with Gasteiger partial charge in [0.25, 0.3) is 0 Å². The second-order valence-electron chi connectivity index (χ2n) is 8.71. The fourth-order valence-corrected chi connectivity index (χ4v) is 3.32. The van der Waals surface area contributed by atoms with Gasteiger partial charge in [-0.1, -0.05) is 72.9 Å². The van der Waals surface area contributed by atoms with E-state index in [1.807, 2.05) is 0 Å². The van der Waals surface area contributed by atoms with Gasteiger partial charge in [-0.05, 0) is 29.2 Å². The van der Waals surface area contributed by atoms with Crippen LogP contribution in [0.2, 0.25) is 0 Å². The van der Waals surface area contributed by atoms with Crippen LogP contribution in [0.5, 0.6) is 5.75 Å². The Morgan fingerprint density at radius 3 is 2.16 bits per heavy atom. The van der Waals surface area contributed by atoms with E-state index in [-0.39, 0.29) is 17.3 Å². The van der Waals surface area contributed by atoms with Crippen molar-refractivity contribution in [1.29, 1.82) is 0 Å². The molecule has 0 amide bonds. The van der Waals surface area contributed by atoms with Gasteiger partial charge in [-0.2, -0.15) is 0 Å². The van der Waals surface area contributed by atoms with Crippen molar-refractivity contribution in [2.45, 2.75) is 90.9 Å². The highest BCUT2D eigenvalue weighted by Crippen LogP contribution is 2.42. The van der Waals surface area contributed by atoms with Crippen LogP contribution in [-0.2, 0) is 22.0 Å². The number of unbranched alkanes of at least 4 members (excludes halogenated alkanes) is 2. The summed E-state index contributed by atoms with van der Waals surface area (Å²) in [6, 6.07) is 4.30. The quantitative estimate of drug-likeness (QED) is 0.568. The molecule has 0 saturated heterocycles. The Hall–Kier alpha value is -1.51. The minimum Gasteiger partial charge on any atom is -0.496 e. The average molecular weight is 349 g/mol. The van der Waals surface area contributed by atoms with Crippen LogP contribution in [0.15, 0.2) is 12.1 Å². The van der Waals surface area contributed by atoms with Gasteiger partial charge in [-0.25, -0.2) is 0 Å². The summed E-state index contributed by atoms with van der Waals surface area (Å²) in [5.41, 5.74) is 3.40. The molecule has 1 N–H and O–H groups in total. The van der Waals surface area contributed by atoms with Crippen molar-refractivity contribution in [3.63, 3.8) is 0 Å². The van der Waals surface area contributed by atoms with E-state index in [1.165, 1.54) is 24.8 Å². The van der Waals surface area contributed by atoms with Crippen molar-refractivity contribution in [3.05, 3.63) is 28.8 Å². The normalized spacial score (nSPS) is 12.3. The zero-order valence-electron chi connectivity index (χ0n) is 17.2. The lowest BCUT2D eigenvalue weighted by Crippen LogP contribution is -2.22. The Morgan fingerprint density at radius 1 is 1.08 bits per heavy atom. The summed E-state index contributed by atoms with van der Waals surface area (Å²) in [4.78, 5) is 11.0. The molecule has 1 aromatic carbocycles. The van der Waals surface area contributed by atoms with E-state index >= 15 is 0 Å². The SMILES string of the molecule is CCCCCC(C)(C)c1cc(CCC(=O)O)cc(C(C)(C)C)c1OC. The zero-order valence-corrected chi connectivity index (χ0v) is 17.2. The third-order valence-corrected chi connectivity index (χ3v) is 4.92. The van der Waals surface area contributed by atoms with E-state index in [1.54, 1.807) is 7.11 Å². The molecule has 0 saturated carbocycles. The number of carbonyl (C=O) groups is 1. The van der Waals surface area contributed by atoms with Crippen molar-refractivity contribution < 1.29 is 14.6 Å². The third kappa shape index (κ3) is 6.05. The molecule has 3 heteroatoms. The number of carboxylic acid groups (broad SMARTS) is 1. The minimum atomic E-state index is -0.753. The molecule has 0 radical (unpaired) electrons. The fourth-order valence-electron chi connectivity index (χ4n) is 3.32. The lowest BCUT2D eigenvalue weighted by Gasteiger charge is -2.32. The summed E-state index contributed by atoms with van der Waals surface area (Å²) in [7, 11) is 1.74. The summed E-state index contributed by atoms with van der Waals surface area (Å²) in [5.74, 6) is 0.213. The highest BCUT2D eigenvalue weighted by atomic mass is 16.5. The first-order valence-electron chi connectivity index (χ1n) is 9.46. The largest absolute Gasteiger partial charge is 0.496 e. The molecule has 142 valence electrons. The molecule has 0 aliphatic rings. The molecule has 0 spiro atoms. The van der Waals surface area contributed by atoms with E-state index in [2.05, 4.69) is 53.7 Å². The van der Waals surface area contributed by atoms with Gasteiger partial charge in [0.05, 0.1) is 7.11 Å². The second-order valence-corrected chi connectivity index (χ2v) is 8.71. The molecule has 0 fully saturated rings. The molecule has 1 rings (SSSR count). The van der Waals surface area contributed by atoms with Gasteiger partial charge in [-0.15, -0.1) is 0 Å². The van der Waals surface area contributed by atoms with Gasteiger partial charge in [-0.3, -0.25) is 4.79 Å². The predicted molar refractivity (Wildman–Crippen MR) is 105 cm³/mol. The van der Waals surface area contributed by atoms with Crippen molar-refractivity contribution in [2.75, 3.05) is 7.11 Å². The number of aliphatic carboxylic acids is 1. The maximum Gasteiger partial charge on any atom is 0.303 e. The summed E-state index contributed by atoms with van der Waals surface area (Å²) < 4.78 is 5.86. The number of aryl methyl sites for hydroxylation is 1. The van der Waals surface area contributed by atoms with Crippen molar-refractivity contribution >= 4 is 5.97 Å².